The van der Waals surface area contributed by atoms with Crippen molar-refractivity contribution in [2.24, 2.45) is 0 Å². The number of methoxy groups -OCH3 is 1. The number of benzene rings is 3. The molecule has 5 aromatic rings. The summed E-state index contributed by atoms with van der Waals surface area (Å²) in [5.74, 6) is -0.362. The Bertz CT molecular complexity index is 1580. The number of amides is 1. The van der Waals surface area contributed by atoms with Gasteiger partial charge in [-0.05, 0) is 48.5 Å². The summed E-state index contributed by atoms with van der Waals surface area (Å²) in [4.78, 5) is 34.6. The van der Waals surface area contributed by atoms with Crippen LogP contribution < -0.4 is 10.1 Å². The van der Waals surface area contributed by atoms with Crippen molar-refractivity contribution in [2.75, 3.05) is 19.0 Å². The molecule has 0 fully saturated rings. The Labute approximate surface area is 221 Å². The lowest BCUT2D eigenvalue weighted by atomic mass is 10.0. The number of hydrogen-bond donors (Lipinski definition) is 1. The molecule has 0 spiro atoms. The predicted octanol–water partition coefficient (Wildman–Crippen LogP) is 6.48. The van der Waals surface area contributed by atoms with Crippen molar-refractivity contribution in [1.82, 2.24) is 9.97 Å². The summed E-state index contributed by atoms with van der Waals surface area (Å²) in [5.41, 5.74) is 3.97. The highest BCUT2D eigenvalue weighted by molar-refractivity contribution is 7.14. The highest BCUT2D eigenvalue weighted by atomic mass is 35.5. The van der Waals surface area contributed by atoms with Gasteiger partial charge in [0, 0.05) is 26.9 Å². The second-order valence-electron chi connectivity index (χ2n) is 7.97. The van der Waals surface area contributed by atoms with Gasteiger partial charge >= 0.3 is 5.97 Å². The van der Waals surface area contributed by atoms with Crippen LogP contribution in [0.15, 0.2) is 84.2 Å². The Kier molecular flexibility index (Phi) is 7.11. The fourth-order valence-electron chi connectivity index (χ4n) is 3.70. The summed E-state index contributed by atoms with van der Waals surface area (Å²) in [5, 5.41) is 6.17. The van der Waals surface area contributed by atoms with Crippen LogP contribution >= 0.6 is 22.9 Å². The van der Waals surface area contributed by atoms with E-state index < -0.39 is 18.5 Å². The smallest absolute Gasteiger partial charge is 0.339 e. The first-order valence-corrected chi connectivity index (χ1v) is 12.5. The average molecular weight is 530 g/mol. The zero-order chi connectivity index (χ0) is 25.8. The monoisotopic (exact) mass is 529 g/mol. The molecular weight excluding hydrogens is 510 g/mol. The molecule has 0 aliphatic carbocycles. The standard InChI is InChI=1S/C28H20ClN3O4S/c1-35-20-12-8-18(9-13-20)25-16-37-28(31-25)32-26(33)15-36-27(34)22-14-24(17-6-10-19(29)11-7-17)30-23-5-3-2-4-21(22)23/h2-14,16H,15H2,1H3,(H,31,32,33). The molecule has 0 aliphatic heterocycles. The van der Waals surface area contributed by atoms with Gasteiger partial charge in [-0.1, -0.05) is 41.9 Å². The molecule has 37 heavy (non-hydrogen) atoms. The molecule has 0 radical (unpaired) electrons. The maximum absolute atomic E-state index is 13.0. The van der Waals surface area contributed by atoms with Crippen LogP contribution in [0.25, 0.3) is 33.4 Å². The number of nitrogens with one attached hydrogen (secondary N) is 1. The molecule has 7 nitrogen and oxygen atoms in total. The Morgan fingerprint density at radius 3 is 2.38 bits per heavy atom. The van der Waals surface area contributed by atoms with Gasteiger partial charge in [0.05, 0.1) is 29.6 Å². The van der Waals surface area contributed by atoms with Gasteiger partial charge < -0.3 is 9.47 Å². The average Bonchev–Trinajstić information content (AvgIpc) is 3.40. The largest absolute Gasteiger partial charge is 0.497 e. The second-order valence-corrected chi connectivity index (χ2v) is 9.26. The molecule has 184 valence electrons. The third-order valence-electron chi connectivity index (χ3n) is 5.55. The van der Waals surface area contributed by atoms with E-state index in [9.17, 15) is 9.59 Å². The van der Waals surface area contributed by atoms with Crippen LogP contribution in [0.5, 0.6) is 5.75 Å². The maximum atomic E-state index is 13.0. The normalized spacial score (nSPS) is 10.8. The van der Waals surface area contributed by atoms with Crippen LogP contribution in [0, 0.1) is 0 Å². The van der Waals surface area contributed by atoms with Gasteiger partial charge in [0.1, 0.15) is 5.75 Å². The van der Waals surface area contributed by atoms with Gasteiger partial charge in [0.2, 0.25) is 0 Å². The Morgan fingerprint density at radius 2 is 1.62 bits per heavy atom. The van der Waals surface area contributed by atoms with Crippen molar-refractivity contribution in [2.45, 2.75) is 0 Å². The van der Waals surface area contributed by atoms with Crippen LogP contribution in [-0.2, 0) is 9.53 Å². The van der Waals surface area contributed by atoms with E-state index in [2.05, 4.69) is 15.3 Å². The lowest BCUT2D eigenvalue weighted by Gasteiger charge is -2.10. The van der Waals surface area contributed by atoms with Gasteiger partial charge in [0.15, 0.2) is 11.7 Å². The molecule has 0 aliphatic rings. The Morgan fingerprint density at radius 1 is 0.919 bits per heavy atom. The SMILES string of the molecule is COc1ccc(-c2csc(NC(=O)COC(=O)c3cc(-c4ccc(Cl)cc4)nc4ccccc34)n2)cc1. The fourth-order valence-corrected chi connectivity index (χ4v) is 4.56. The fraction of sp³-hybridized carbons (Fsp3) is 0.0714. The Hall–Kier alpha value is -4.27. The number of esters is 1. The zero-order valence-electron chi connectivity index (χ0n) is 19.6. The second kappa shape index (κ2) is 10.8. The molecule has 0 unspecified atom stereocenters. The van der Waals surface area contributed by atoms with Crippen molar-refractivity contribution < 1.29 is 19.1 Å². The number of aromatic nitrogens is 2. The summed E-state index contributed by atoms with van der Waals surface area (Å²) in [7, 11) is 1.61. The van der Waals surface area contributed by atoms with Crippen molar-refractivity contribution in [3.8, 4) is 28.3 Å². The van der Waals surface area contributed by atoms with Gasteiger partial charge in [-0.2, -0.15) is 0 Å². The topological polar surface area (TPSA) is 90.4 Å². The van der Waals surface area contributed by atoms with E-state index in [0.717, 1.165) is 22.6 Å². The Balaban J connectivity index is 1.28. The number of pyridine rings is 1. The first-order valence-electron chi connectivity index (χ1n) is 11.2. The molecule has 2 aromatic heterocycles. The molecule has 0 atom stereocenters. The van der Waals surface area contributed by atoms with E-state index in [1.165, 1.54) is 11.3 Å². The molecule has 5 rings (SSSR count). The van der Waals surface area contributed by atoms with Gasteiger partial charge in [0.25, 0.3) is 5.91 Å². The van der Waals surface area contributed by atoms with E-state index in [-0.39, 0.29) is 0 Å². The number of hydrogen-bond acceptors (Lipinski definition) is 7. The van der Waals surface area contributed by atoms with Crippen molar-refractivity contribution in [3.05, 3.63) is 94.8 Å². The first kappa shape index (κ1) is 24.4. The van der Waals surface area contributed by atoms with Gasteiger partial charge in [-0.25, -0.2) is 14.8 Å². The number of fused-ring (bicyclic) bond motifs is 1. The maximum Gasteiger partial charge on any atom is 0.339 e. The number of anilines is 1. The minimum atomic E-state index is -0.623. The predicted molar refractivity (Wildman–Crippen MR) is 145 cm³/mol. The summed E-state index contributed by atoms with van der Waals surface area (Å²) < 4.78 is 10.5. The minimum Gasteiger partial charge on any atom is -0.497 e. The minimum absolute atomic E-state index is 0.319. The summed E-state index contributed by atoms with van der Waals surface area (Å²) in [6, 6.07) is 23.6. The third-order valence-corrected chi connectivity index (χ3v) is 6.56. The van der Waals surface area contributed by atoms with E-state index in [0.29, 0.717) is 32.3 Å². The lowest BCUT2D eigenvalue weighted by molar-refractivity contribution is -0.119. The number of ether oxygens (including phenoxy) is 2. The number of carbonyl (C=O) groups excluding carboxylic acids is 2. The molecule has 0 saturated heterocycles. The number of carbonyl (C=O) groups is 2. The summed E-state index contributed by atoms with van der Waals surface area (Å²) >= 11 is 7.29. The van der Waals surface area contributed by atoms with E-state index in [4.69, 9.17) is 21.1 Å². The number of rotatable bonds is 7. The van der Waals surface area contributed by atoms with E-state index >= 15 is 0 Å². The van der Waals surface area contributed by atoms with Crippen molar-refractivity contribution >= 4 is 50.8 Å². The molecule has 3 aromatic carbocycles. The number of thiazole rings is 1. The van der Waals surface area contributed by atoms with Crippen LogP contribution in [0.3, 0.4) is 0 Å². The van der Waals surface area contributed by atoms with Crippen LogP contribution in [-0.4, -0.2) is 35.6 Å². The molecule has 1 amide bonds. The molecule has 0 bridgehead atoms. The van der Waals surface area contributed by atoms with Gasteiger partial charge in [-0.3, -0.25) is 10.1 Å². The first-order chi connectivity index (χ1) is 18.0. The van der Waals surface area contributed by atoms with Crippen molar-refractivity contribution in [3.63, 3.8) is 0 Å². The van der Waals surface area contributed by atoms with Crippen LogP contribution in [0.1, 0.15) is 10.4 Å². The van der Waals surface area contributed by atoms with Crippen molar-refractivity contribution in [1.29, 1.82) is 0 Å². The highest BCUT2D eigenvalue weighted by Crippen LogP contribution is 2.28. The molecular formula is C28H20ClN3O4S. The molecule has 0 saturated carbocycles. The van der Waals surface area contributed by atoms with Crippen LogP contribution in [0.4, 0.5) is 5.13 Å². The molecule has 1 N–H and O–H groups in total. The van der Waals surface area contributed by atoms with E-state index in [1.807, 2.05) is 60.0 Å². The number of nitrogens with zero attached hydrogens (tertiary/aromatic N) is 2. The summed E-state index contributed by atoms with van der Waals surface area (Å²) in [6.07, 6.45) is 0. The zero-order valence-corrected chi connectivity index (χ0v) is 21.2. The summed E-state index contributed by atoms with van der Waals surface area (Å²) in [6.45, 7) is -0.455. The number of para-hydroxylation sites is 1. The highest BCUT2D eigenvalue weighted by Gasteiger charge is 2.17. The van der Waals surface area contributed by atoms with E-state index in [1.54, 1.807) is 31.4 Å². The van der Waals surface area contributed by atoms with Crippen LogP contribution in [0.2, 0.25) is 5.02 Å². The quantitative estimate of drug-likeness (QED) is 0.243. The lowest BCUT2D eigenvalue weighted by Crippen LogP contribution is -2.21. The third kappa shape index (κ3) is 5.61. The molecule has 9 heteroatoms. The molecule has 2 heterocycles. The van der Waals surface area contributed by atoms with Gasteiger partial charge in [-0.15, -0.1) is 11.3 Å². The number of halogens is 1.